The number of piperidine rings is 1. The van der Waals surface area contributed by atoms with Gasteiger partial charge < -0.3 is 5.32 Å². The molecular formula is C12H17ClN2O2S. The number of halogens is 1. The minimum absolute atomic E-state index is 0.0397. The average molecular weight is 289 g/mol. The van der Waals surface area contributed by atoms with E-state index in [0.717, 1.165) is 19.4 Å². The third kappa shape index (κ3) is 3.03. The fourth-order valence-electron chi connectivity index (χ4n) is 2.11. The maximum absolute atomic E-state index is 12.3. The zero-order valence-corrected chi connectivity index (χ0v) is 11.8. The van der Waals surface area contributed by atoms with Crippen molar-refractivity contribution in [2.24, 2.45) is 0 Å². The molecule has 1 aliphatic rings. The van der Waals surface area contributed by atoms with Crippen LogP contribution in [0.2, 0.25) is 5.02 Å². The first kappa shape index (κ1) is 13.8. The van der Waals surface area contributed by atoms with Crippen molar-refractivity contribution in [1.82, 2.24) is 10.0 Å². The molecule has 0 saturated carbocycles. The van der Waals surface area contributed by atoms with Crippen LogP contribution in [0.1, 0.15) is 18.4 Å². The van der Waals surface area contributed by atoms with Crippen molar-refractivity contribution in [3.05, 3.63) is 28.8 Å². The summed E-state index contributed by atoms with van der Waals surface area (Å²) >= 11 is 5.96. The maximum Gasteiger partial charge on any atom is 0.241 e. The molecule has 0 spiro atoms. The van der Waals surface area contributed by atoms with Crippen LogP contribution in [0.25, 0.3) is 0 Å². The van der Waals surface area contributed by atoms with Gasteiger partial charge in [-0.05, 0) is 44.0 Å². The van der Waals surface area contributed by atoms with Crippen molar-refractivity contribution in [2.75, 3.05) is 13.1 Å². The molecule has 2 rings (SSSR count). The SMILES string of the molecule is Cc1c(Cl)cccc1S(=O)(=O)NC1CCCNC1. The lowest BCUT2D eigenvalue weighted by atomic mass is 10.1. The molecule has 6 heteroatoms. The number of hydrogen-bond donors (Lipinski definition) is 2. The van der Waals surface area contributed by atoms with Crippen molar-refractivity contribution >= 4 is 21.6 Å². The predicted molar refractivity (Wildman–Crippen MR) is 72.4 cm³/mol. The standard InChI is InChI=1S/C12H17ClN2O2S/c1-9-11(13)5-2-6-12(9)18(16,17)15-10-4-3-7-14-8-10/h2,5-6,10,14-15H,3-4,7-8H2,1H3. The molecule has 1 saturated heterocycles. The van der Waals surface area contributed by atoms with E-state index in [0.29, 0.717) is 17.1 Å². The van der Waals surface area contributed by atoms with Crippen LogP contribution in [-0.4, -0.2) is 27.5 Å². The quantitative estimate of drug-likeness (QED) is 0.890. The Hall–Kier alpha value is -0.620. The molecule has 0 aromatic heterocycles. The Morgan fingerprint density at radius 1 is 1.44 bits per heavy atom. The first-order chi connectivity index (χ1) is 8.50. The number of hydrogen-bond acceptors (Lipinski definition) is 3. The van der Waals surface area contributed by atoms with Gasteiger partial charge in [-0.3, -0.25) is 0 Å². The number of sulfonamides is 1. The van der Waals surface area contributed by atoms with Crippen LogP contribution in [-0.2, 0) is 10.0 Å². The van der Waals surface area contributed by atoms with Gasteiger partial charge in [-0.1, -0.05) is 17.7 Å². The van der Waals surface area contributed by atoms with E-state index < -0.39 is 10.0 Å². The molecule has 0 radical (unpaired) electrons. The van der Waals surface area contributed by atoms with E-state index >= 15 is 0 Å². The molecule has 1 aromatic carbocycles. The Morgan fingerprint density at radius 3 is 2.89 bits per heavy atom. The van der Waals surface area contributed by atoms with Gasteiger partial charge in [0.2, 0.25) is 10.0 Å². The Kier molecular flexibility index (Phi) is 4.27. The molecule has 1 unspecified atom stereocenters. The molecule has 1 fully saturated rings. The molecule has 0 amide bonds. The third-order valence-corrected chi connectivity index (χ3v) is 5.20. The molecule has 4 nitrogen and oxygen atoms in total. The largest absolute Gasteiger partial charge is 0.315 e. The Balaban J connectivity index is 2.22. The summed E-state index contributed by atoms with van der Waals surface area (Å²) in [6.07, 6.45) is 1.85. The van der Waals surface area contributed by atoms with E-state index in [1.165, 1.54) is 0 Å². The second-order valence-electron chi connectivity index (χ2n) is 4.53. The summed E-state index contributed by atoms with van der Waals surface area (Å²) in [5.41, 5.74) is 0.593. The fourth-order valence-corrected chi connectivity index (χ4v) is 3.88. The molecular weight excluding hydrogens is 272 g/mol. The van der Waals surface area contributed by atoms with Gasteiger partial charge in [0.05, 0.1) is 4.90 Å². The van der Waals surface area contributed by atoms with E-state index in [2.05, 4.69) is 10.0 Å². The van der Waals surface area contributed by atoms with Gasteiger partial charge in [0.1, 0.15) is 0 Å². The van der Waals surface area contributed by atoms with Crippen molar-refractivity contribution in [3.63, 3.8) is 0 Å². The fraction of sp³-hybridized carbons (Fsp3) is 0.500. The van der Waals surface area contributed by atoms with Gasteiger partial charge >= 0.3 is 0 Å². The minimum Gasteiger partial charge on any atom is -0.315 e. The summed E-state index contributed by atoms with van der Waals surface area (Å²) in [7, 11) is -3.49. The summed E-state index contributed by atoms with van der Waals surface area (Å²) in [5.74, 6) is 0. The van der Waals surface area contributed by atoms with Gasteiger partial charge in [0, 0.05) is 17.6 Å². The molecule has 1 atom stereocenters. The van der Waals surface area contributed by atoms with E-state index in [-0.39, 0.29) is 10.9 Å². The van der Waals surface area contributed by atoms with E-state index in [4.69, 9.17) is 11.6 Å². The number of benzene rings is 1. The minimum atomic E-state index is -3.49. The molecule has 2 N–H and O–H groups in total. The first-order valence-electron chi connectivity index (χ1n) is 5.99. The molecule has 1 aliphatic heterocycles. The zero-order valence-electron chi connectivity index (χ0n) is 10.2. The first-order valence-corrected chi connectivity index (χ1v) is 7.85. The lowest BCUT2D eigenvalue weighted by molar-refractivity contribution is 0.428. The second kappa shape index (κ2) is 5.57. The van der Waals surface area contributed by atoms with Crippen LogP contribution >= 0.6 is 11.6 Å². The maximum atomic E-state index is 12.3. The predicted octanol–water partition coefficient (Wildman–Crippen LogP) is 1.68. The molecule has 18 heavy (non-hydrogen) atoms. The van der Waals surface area contributed by atoms with Crippen LogP contribution in [0.15, 0.2) is 23.1 Å². The normalized spacial score (nSPS) is 20.9. The van der Waals surface area contributed by atoms with Crippen molar-refractivity contribution in [1.29, 1.82) is 0 Å². The van der Waals surface area contributed by atoms with Gasteiger partial charge in [0.15, 0.2) is 0 Å². The van der Waals surface area contributed by atoms with Crippen LogP contribution in [0, 0.1) is 6.92 Å². The highest BCUT2D eigenvalue weighted by Crippen LogP contribution is 2.23. The van der Waals surface area contributed by atoms with E-state index in [9.17, 15) is 8.42 Å². The van der Waals surface area contributed by atoms with Crippen LogP contribution in [0.4, 0.5) is 0 Å². The highest BCUT2D eigenvalue weighted by Gasteiger charge is 2.23. The van der Waals surface area contributed by atoms with Gasteiger partial charge in [-0.2, -0.15) is 0 Å². The topological polar surface area (TPSA) is 58.2 Å². The van der Waals surface area contributed by atoms with Crippen LogP contribution in [0.5, 0.6) is 0 Å². The van der Waals surface area contributed by atoms with Gasteiger partial charge in [-0.15, -0.1) is 0 Å². The third-order valence-electron chi connectivity index (χ3n) is 3.13. The Bertz CT molecular complexity index is 525. The average Bonchev–Trinajstić information content (AvgIpc) is 2.33. The van der Waals surface area contributed by atoms with Crippen molar-refractivity contribution in [2.45, 2.75) is 30.7 Å². The number of rotatable bonds is 3. The molecule has 1 heterocycles. The summed E-state index contributed by atoms with van der Waals surface area (Å²) in [6, 6.07) is 4.89. The smallest absolute Gasteiger partial charge is 0.241 e. The molecule has 0 aliphatic carbocycles. The lowest BCUT2D eigenvalue weighted by Gasteiger charge is -2.24. The monoisotopic (exact) mass is 288 g/mol. The summed E-state index contributed by atoms with van der Waals surface area (Å²) in [5, 5.41) is 3.65. The highest BCUT2D eigenvalue weighted by atomic mass is 35.5. The molecule has 0 bridgehead atoms. The van der Waals surface area contributed by atoms with E-state index in [1.54, 1.807) is 25.1 Å². The second-order valence-corrected chi connectivity index (χ2v) is 6.62. The van der Waals surface area contributed by atoms with Crippen LogP contribution in [0.3, 0.4) is 0 Å². The summed E-state index contributed by atoms with van der Waals surface area (Å²) < 4.78 is 27.3. The highest BCUT2D eigenvalue weighted by molar-refractivity contribution is 7.89. The molecule has 100 valence electrons. The lowest BCUT2D eigenvalue weighted by Crippen LogP contribution is -2.45. The summed E-state index contributed by atoms with van der Waals surface area (Å²) in [4.78, 5) is 0.264. The zero-order chi connectivity index (χ0) is 13.2. The summed E-state index contributed by atoms with van der Waals surface area (Å²) in [6.45, 7) is 3.35. The van der Waals surface area contributed by atoms with E-state index in [1.807, 2.05) is 0 Å². The van der Waals surface area contributed by atoms with Gasteiger partial charge in [0.25, 0.3) is 0 Å². The Labute approximate surface area is 113 Å². The van der Waals surface area contributed by atoms with Gasteiger partial charge in [-0.25, -0.2) is 13.1 Å². The number of nitrogens with one attached hydrogen (secondary N) is 2. The van der Waals surface area contributed by atoms with Crippen molar-refractivity contribution < 1.29 is 8.42 Å². The van der Waals surface area contributed by atoms with Crippen molar-refractivity contribution in [3.8, 4) is 0 Å². The Morgan fingerprint density at radius 2 is 2.22 bits per heavy atom. The van der Waals surface area contributed by atoms with Crippen LogP contribution < -0.4 is 10.0 Å². The molecule has 1 aromatic rings.